The van der Waals surface area contributed by atoms with Crippen molar-refractivity contribution in [2.24, 2.45) is 0 Å². The van der Waals surface area contributed by atoms with E-state index in [1.165, 1.54) is 12.1 Å². The highest BCUT2D eigenvalue weighted by atomic mass is 35.5. The van der Waals surface area contributed by atoms with E-state index in [4.69, 9.17) is 11.6 Å². The summed E-state index contributed by atoms with van der Waals surface area (Å²) < 4.78 is 24.5. The first-order valence-electron chi connectivity index (χ1n) is 6.26. The minimum absolute atomic E-state index is 0.116. The highest BCUT2D eigenvalue weighted by Gasteiger charge is 2.20. The fourth-order valence-corrected chi connectivity index (χ4v) is 4.48. The smallest absolute Gasteiger partial charge is 0.235 e. The predicted molar refractivity (Wildman–Crippen MR) is 84.5 cm³/mol. The molecule has 0 atom stereocenters. The quantitative estimate of drug-likeness (QED) is 0.876. The molecule has 0 radical (unpaired) electrons. The van der Waals surface area contributed by atoms with Gasteiger partial charge in [0.2, 0.25) is 5.91 Å². The molecule has 2 rings (SSSR count). The van der Waals surface area contributed by atoms with Crippen molar-refractivity contribution in [1.82, 2.24) is 5.32 Å². The Kier molecular flexibility index (Phi) is 5.39. The van der Waals surface area contributed by atoms with Crippen molar-refractivity contribution in [3.8, 4) is 0 Å². The molecule has 0 saturated heterocycles. The molecule has 7 heteroatoms. The lowest BCUT2D eigenvalue weighted by Crippen LogP contribution is -2.31. The number of benzene rings is 1. The molecule has 0 aliphatic carbocycles. The maximum atomic E-state index is 12.0. The SMILES string of the molecule is O=C(CS(=O)(=O)c1ccc(Cl)s1)NCCc1ccccc1. The summed E-state index contributed by atoms with van der Waals surface area (Å²) in [6, 6.07) is 12.6. The number of hydrogen-bond acceptors (Lipinski definition) is 4. The third-order valence-corrected chi connectivity index (χ3v) is 6.18. The molecule has 1 aromatic heterocycles. The summed E-state index contributed by atoms with van der Waals surface area (Å²) in [6.45, 7) is 0.406. The van der Waals surface area contributed by atoms with E-state index >= 15 is 0 Å². The molecule has 0 bridgehead atoms. The molecule has 1 aromatic carbocycles. The van der Waals surface area contributed by atoms with Crippen molar-refractivity contribution in [3.63, 3.8) is 0 Å². The van der Waals surface area contributed by atoms with Crippen LogP contribution in [-0.4, -0.2) is 26.6 Å². The fraction of sp³-hybridized carbons (Fsp3) is 0.214. The van der Waals surface area contributed by atoms with Crippen LogP contribution in [0.4, 0.5) is 0 Å². The predicted octanol–water partition coefficient (Wildman–Crippen LogP) is 2.53. The standard InChI is InChI=1S/C14H14ClNO3S2/c15-12-6-7-14(20-12)21(18,19)10-13(17)16-9-8-11-4-2-1-3-5-11/h1-7H,8-10H2,(H,16,17). The summed E-state index contributed by atoms with van der Waals surface area (Å²) in [5.74, 6) is -1.06. The Labute approximate surface area is 132 Å². The minimum Gasteiger partial charge on any atom is -0.355 e. The lowest BCUT2D eigenvalue weighted by Gasteiger charge is -2.05. The van der Waals surface area contributed by atoms with Gasteiger partial charge in [0.25, 0.3) is 0 Å². The van der Waals surface area contributed by atoms with Gasteiger partial charge in [-0.3, -0.25) is 4.79 Å². The lowest BCUT2D eigenvalue weighted by atomic mass is 10.1. The second-order valence-corrected chi connectivity index (χ2v) is 8.33. The molecule has 2 aromatic rings. The molecule has 0 aliphatic rings. The molecule has 0 fully saturated rings. The zero-order chi connectivity index (χ0) is 15.3. The van der Waals surface area contributed by atoms with Crippen LogP contribution in [0.2, 0.25) is 4.34 Å². The van der Waals surface area contributed by atoms with Gasteiger partial charge >= 0.3 is 0 Å². The second kappa shape index (κ2) is 7.06. The molecule has 0 saturated carbocycles. The van der Waals surface area contributed by atoms with Gasteiger partial charge < -0.3 is 5.32 Å². The van der Waals surface area contributed by atoms with Gasteiger partial charge in [0.05, 0.1) is 4.34 Å². The molecule has 1 heterocycles. The average molecular weight is 344 g/mol. The summed E-state index contributed by atoms with van der Waals surface area (Å²) in [7, 11) is -3.61. The van der Waals surface area contributed by atoms with Gasteiger partial charge in [-0.1, -0.05) is 41.9 Å². The van der Waals surface area contributed by atoms with Gasteiger partial charge in [-0.15, -0.1) is 11.3 Å². The van der Waals surface area contributed by atoms with Gasteiger partial charge in [-0.25, -0.2) is 8.42 Å². The Hall–Kier alpha value is -1.37. The summed E-state index contributed by atoms with van der Waals surface area (Å²) in [5.41, 5.74) is 1.09. The summed E-state index contributed by atoms with van der Waals surface area (Å²) in [5, 5.41) is 2.62. The number of hydrogen-bond donors (Lipinski definition) is 1. The van der Waals surface area contributed by atoms with E-state index in [2.05, 4.69) is 5.32 Å². The zero-order valence-electron chi connectivity index (χ0n) is 11.1. The van der Waals surface area contributed by atoms with Crippen molar-refractivity contribution >= 4 is 38.7 Å². The minimum atomic E-state index is -3.61. The van der Waals surface area contributed by atoms with Crippen molar-refractivity contribution in [2.45, 2.75) is 10.6 Å². The number of carbonyl (C=O) groups is 1. The first-order valence-corrected chi connectivity index (χ1v) is 9.11. The second-order valence-electron chi connectivity index (χ2n) is 4.40. The number of nitrogens with one attached hydrogen (secondary N) is 1. The molecule has 112 valence electrons. The Balaban J connectivity index is 1.84. The van der Waals surface area contributed by atoms with E-state index in [0.717, 1.165) is 16.9 Å². The van der Waals surface area contributed by atoms with Crippen molar-refractivity contribution in [2.75, 3.05) is 12.3 Å². The van der Waals surface area contributed by atoms with E-state index in [0.29, 0.717) is 17.3 Å². The van der Waals surface area contributed by atoms with Crippen LogP contribution in [0, 0.1) is 0 Å². The molecule has 0 aliphatic heterocycles. The fourth-order valence-electron chi connectivity index (χ4n) is 1.75. The Bertz CT molecular complexity index is 711. The topological polar surface area (TPSA) is 63.2 Å². The van der Waals surface area contributed by atoms with Crippen LogP contribution < -0.4 is 5.32 Å². The third kappa shape index (κ3) is 4.84. The molecule has 21 heavy (non-hydrogen) atoms. The third-order valence-electron chi connectivity index (χ3n) is 2.75. The lowest BCUT2D eigenvalue weighted by molar-refractivity contribution is -0.118. The average Bonchev–Trinajstić information content (AvgIpc) is 2.87. The molecule has 0 unspecified atom stereocenters. The Morgan fingerprint density at radius 3 is 2.48 bits per heavy atom. The number of amides is 1. The molecule has 1 amide bonds. The van der Waals surface area contributed by atoms with Crippen molar-refractivity contribution in [3.05, 3.63) is 52.4 Å². The van der Waals surface area contributed by atoms with Crippen molar-refractivity contribution < 1.29 is 13.2 Å². The first-order chi connectivity index (χ1) is 9.97. The number of carbonyl (C=O) groups excluding carboxylic acids is 1. The Morgan fingerprint density at radius 2 is 1.86 bits per heavy atom. The first kappa shape index (κ1) is 16.0. The highest BCUT2D eigenvalue weighted by Crippen LogP contribution is 2.26. The Morgan fingerprint density at radius 1 is 1.14 bits per heavy atom. The van der Waals surface area contributed by atoms with Gasteiger partial charge in [-0.05, 0) is 24.1 Å². The zero-order valence-corrected chi connectivity index (χ0v) is 13.5. The summed E-state index contributed by atoms with van der Waals surface area (Å²) in [4.78, 5) is 11.7. The van der Waals surface area contributed by atoms with Gasteiger partial charge in [-0.2, -0.15) is 0 Å². The summed E-state index contributed by atoms with van der Waals surface area (Å²) in [6.07, 6.45) is 0.664. The van der Waals surface area contributed by atoms with Gasteiger partial charge in [0.1, 0.15) is 9.96 Å². The largest absolute Gasteiger partial charge is 0.355 e. The van der Waals surface area contributed by atoms with E-state index in [1.54, 1.807) is 0 Å². The number of rotatable bonds is 6. The molecular weight excluding hydrogens is 330 g/mol. The number of sulfone groups is 1. The molecule has 4 nitrogen and oxygen atoms in total. The maximum absolute atomic E-state index is 12.0. The maximum Gasteiger partial charge on any atom is 0.235 e. The summed E-state index contributed by atoms with van der Waals surface area (Å²) >= 11 is 6.66. The molecular formula is C14H14ClNO3S2. The molecule has 0 spiro atoms. The van der Waals surface area contributed by atoms with Crippen LogP contribution >= 0.6 is 22.9 Å². The van der Waals surface area contributed by atoms with Crippen molar-refractivity contribution in [1.29, 1.82) is 0 Å². The normalized spacial score (nSPS) is 11.3. The van der Waals surface area contributed by atoms with Crippen LogP contribution in [0.1, 0.15) is 5.56 Å². The van der Waals surface area contributed by atoms with E-state index in [9.17, 15) is 13.2 Å². The van der Waals surface area contributed by atoms with E-state index in [-0.39, 0.29) is 4.21 Å². The monoisotopic (exact) mass is 343 g/mol. The van der Waals surface area contributed by atoms with Crippen LogP contribution in [0.3, 0.4) is 0 Å². The number of halogens is 1. The van der Waals surface area contributed by atoms with E-state index in [1.807, 2.05) is 30.3 Å². The number of thiophene rings is 1. The van der Waals surface area contributed by atoms with Gasteiger partial charge in [0.15, 0.2) is 9.84 Å². The highest BCUT2D eigenvalue weighted by molar-refractivity contribution is 7.94. The molecule has 1 N–H and O–H groups in total. The van der Waals surface area contributed by atoms with Gasteiger partial charge in [0, 0.05) is 6.54 Å². The van der Waals surface area contributed by atoms with Crippen LogP contribution in [0.5, 0.6) is 0 Å². The van der Waals surface area contributed by atoms with Crippen LogP contribution in [0.15, 0.2) is 46.7 Å². The van der Waals surface area contributed by atoms with Crippen LogP contribution in [-0.2, 0) is 21.1 Å². The van der Waals surface area contributed by atoms with Crippen LogP contribution in [0.25, 0.3) is 0 Å². The van der Waals surface area contributed by atoms with E-state index < -0.39 is 21.5 Å².